The minimum Gasteiger partial charge on any atom is -0.481 e. The van der Waals surface area contributed by atoms with Crippen molar-refractivity contribution in [1.29, 1.82) is 0 Å². The minimum absolute atomic E-state index is 0.0790. The number of carbonyl (C=O) groups excluding carboxylic acids is 2. The Labute approximate surface area is 205 Å². The first-order chi connectivity index (χ1) is 17.0. The van der Waals surface area contributed by atoms with Crippen molar-refractivity contribution in [2.45, 2.75) is 5.92 Å². The average Bonchev–Trinajstić information content (AvgIpc) is 3.17. The number of hydrogen-bond acceptors (Lipinski definition) is 5. The van der Waals surface area contributed by atoms with Crippen molar-refractivity contribution >= 4 is 35.4 Å². The van der Waals surface area contributed by atoms with Crippen LogP contribution in [-0.4, -0.2) is 47.7 Å². The predicted octanol–water partition coefficient (Wildman–Crippen LogP) is 4.73. The van der Waals surface area contributed by atoms with Crippen LogP contribution in [0.4, 0.5) is 14.9 Å². The molecular formula is C26H23FN2O5S. The number of fused-ring (bicyclic) bond motifs is 3. The van der Waals surface area contributed by atoms with Gasteiger partial charge in [-0.15, -0.1) is 11.8 Å². The Balaban J connectivity index is 1.36. The second-order valence-electron chi connectivity index (χ2n) is 7.82. The second-order valence-corrected chi connectivity index (χ2v) is 8.93. The van der Waals surface area contributed by atoms with Crippen LogP contribution in [0.25, 0.3) is 11.1 Å². The van der Waals surface area contributed by atoms with Gasteiger partial charge in [-0.05, 0) is 34.4 Å². The Hall–Kier alpha value is -3.85. The van der Waals surface area contributed by atoms with Gasteiger partial charge in [0.15, 0.2) is 5.82 Å². The van der Waals surface area contributed by atoms with Crippen LogP contribution in [0.5, 0.6) is 0 Å². The van der Waals surface area contributed by atoms with Crippen LogP contribution in [0.15, 0.2) is 66.7 Å². The molecule has 1 aliphatic rings. The van der Waals surface area contributed by atoms with Gasteiger partial charge in [-0.3, -0.25) is 14.9 Å². The van der Waals surface area contributed by atoms with Crippen LogP contribution in [0, 0.1) is 5.82 Å². The summed E-state index contributed by atoms with van der Waals surface area (Å²) < 4.78 is 20.3. The highest BCUT2D eigenvalue weighted by Crippen LogP contribution is 2.44. The smallest absolute Gasteiger partial charge is 0.411 e. The summed E-state index contributed by atoms with van der Waals surface area (Å²) in [7, 11) is 0. The summed E-state index contributed by atoms with van der Waals surface area (Å²) in [4.78, 5) is 35.3. The van der Waals surface area contributed by atoms with Gasteiger partial charge in [-0.2, -0.15) is 0 Å². The van der Waals surface area contributed by atoms with E-state index in [1.54, 1.807) is 0 Å². The predicted molar refractivity (Wildman–Crippen MR) is 132 cm³/mol. The molecule has 0 saturated carbocycles. The Morgan fingerprint density at radius 1 is 0.943 bits per heavy atom. The normalized spacial score (nSPS) is 11.9. The van der Waals surface area contributed by atoms with Gasteiger partial charge in [0.05, 0.1) is 17.0 Å². The first kappa shape index (κ1) is 24.3. The number of thioether (sulfide) groups is 1. The van der Waals surface area contributed by atoms with E-state index in [4.69, 9.17) is 9.84 Å². The number of ether oxygens (including phenoxy) is 1. The highest BCUT2D eigenvalue weighted by Gasteiger charge is 2.29. The fraction of sp³-hybridized carbons (Fsp3) is 0.192. The zero-order chi connectivity index (χ0) is 24.8. The number of halogens is 1. The van der Waals surface area contributed by atoms with E-state index in [9.17, 15) is 18.8 Å². The van der Waals surface area contributed by atoms with Crippen LogP contribution in [0.3, 0.4) is 0 Å². The van der Waals surface area contributed by atoms with Crippen molar-refractivity contribution in [3.05, 3.63) is 89.2 Å². The van der Waals surface area contributed by atoms with E-state index < -0.39 is 23.8 Å². The summed E-state index contributed by atoms with van der Waals surface area (Å²) >= 11 is 1.14. The molecule has 0 radical (unpaired) electrons. The fourth-order valence-corrected chi connectivity index (χ4v) is 4.61. The lowest BCUT2D eigenvalue weighted by molar-refractivity contribution is -0.133. The third-order valence-corrected chi connectivity index (χ3v) is 6.53. The number of rotatable bonds is 9. The van der Waals surface area contributed by atoms with Crippen LogP contribution < -0.4 is 10.6 Å². The Morgan fingerprint density at radius 3 is 2.26 bits per heavy atom. The van der Waals surface area contributed by atoms with Crippen molar-refractivity contribution in [3.8, 4) is 11.1 Å². The van der Waals surface area contributed by atoms with Gasteiger partial charge >= 0.3 is 12.1 Å². The van der Waals surface area contributed by atoms with Crippen molar-refractivity contribution in [3.63, 3.8) is 0 Å². The SMILES string of the molecule is O=C(O)CSCCNC(=O)c1cccc(NC(=O)OCC2c3ccccc3-c3ccccc32)c1F. The van der Waals surface area contributed by atoms with Gasteiger partial charge in [0.1, 0.15) is 6.61 Å². The molecule has 0 unspecified atom stereocenters. The molecule has 3 N–H and O–H groups in total. The van der Waals surface area contributed by atoms with Gasteiger partial charge in [0, 0.05) is 18.2 Å². The number of aliphatic carboxylic acids is 1. The summed E-state index contributed by atoms with van der Waals surface area (Å²) in [5.74, 6) is -2.32. The number of benzene rings is 3. The van der Waals surface area contributed by atoms with E-state index in [1.807, 2.05) is 48.5 Å². The first-order valence-corrected chi connectivity index (χ1v) is 12.1. The molecule has 0 bridgehead atoms. The molecule has 0 spiro atoms. The molecule has 3 aromatic rings. The maximum atomic E-state index is 14.9. The molecule has 0 aliphatic heterocycles. The first-order valence-electron chi connectivity index (χ1n) is 10.9. The largest absolute Gasteiger partial charge is 0.481 e. The monoisotopic (exact) mass is 494 g/mol. The van der Waals surface area contributed by atoms with Crippen LogP contribution in [0.2, 0.25) is 0 Å². The summed E-state index contributed by atoms with van der Waals surface area (Å²) in [6.07, 6.45) is -0.826. The van der Waals surface area contributed by atoms with Gasteiger partial charge in [-0.25, -0.2) is 9.18 Å². The quantitative estimate of drug-likeness (QED) is 0.372. The zero-order valence-electron chi connectivity index (χ0n) is 18.6. The standard InChI is InChI=1S/C26H23FN2O5S/c27-24-20(25(32)28-12-13-35-15-23(30)31)10-5-11-22(24)29-26(33)34-14-21-18-8-3-1-6-16(18)17-7-2-4-9-19(17)21/h1-11,21H,12-15H2,(H,28,32)(H,29,33)(H,30,31). The number of carbonyl (C=O) groups is 3. The number of nitrogens with one attached hydrogen (secondary N) is 2. The Morgan fingerprint density at radius 2 is 1.60 bits per heavy atom. The molecule has 0 fully saturated rings. The number of carboxylic acids is 1. The highest BCUT2D eigenvalue weighted by atomic mass is 32.2. The number of carboxylic acid groups (broad SMARTS) is 1. The summed E-state index contributed by atoms with van der Waals surface area (Å²) in [6, 6.07) is 20.0. The van der Waals surface area contributed by atoms with Crippen LogP contribution in [-0.2, 0) is 9.53 Å². The van der Waals surface area contributed by atoms with Crippen LogP contribution >= 0.6 is 11.8 Å². The maximum absolute atomic E-state index is 14.9. The summed E-state index contributed by atoms with van der Waals surface area (Å²) in [5.41, 5.74) is 3.92. The molecule has 180 valence electrons. The van der Waals surface area contributed by atoms with Gasteiger partial charge in [0.25, 0.3) is 5.91 Å². The molecule has 3 aromatic carbocycles. The molecule has 35 heavy (non-hydrogen) atoms. The van der Waals surface area contributed by atoms with E-state index in [1.165, 1.54) is 18.2 Å². The van der Waals surface area contributed by atoms with E-state index in [0.717, 1.165) is 34.0 Å². The van der Waals surface area contributed by atoms with E-state index in [0.29, 0.717) is 5.75 Å². The van der Waals surface area contributed by atoms with Crippen molar-refractivity contribution < 1.29 is 28.6 Å². The molecular weight excluding hydrogens is 471 g/mol. The summed E-state index contributed by atoms with van der Waals surface area (Å²) in [5, 5.41) is 13.5. The molecule has 2 amide bonds. The highest BCUT2D eigenvalue weighted by molar-refractivity contribution is 7.99. The molecule has 0 aromatic heterocycles. The third-order valence-electron chi connectivity index (χ3n) is 5.58. The molecule has 0 atom stereocenters. The maximum Gasteiger partial charge on any atom is 0.411 e. The lowest BCUT2D eigenvalue weighted by Crippen LogP contribution is -2.27. The fourth-order valence-electron chi connectivity index (χ4n) is 4.04. The number of amides is 2. The van der Waals surface area contributed by atoms with Gasteiger partial charge in [0.2, 0.25) is 0 Å². The molecule has 0 saturated heterocycles. The molecule has 7 nitrogen and oxygen atoms in total. The topological polar surface area (TPSA) is 105 Å². The van der Waals surface area contributed by atoms with E-state index in [2.05, 4.69) is 10.6 Å². The van der Waals surface area contributed by atoms with Crippen molar-refractivity contribution in [2.75, 3.05) is 30.0 Å². The van der Waals surface area contributed by atoms with Gasteiger partial charge in [-0.1, -0.05) is 54.6 Å². The molecule has 4 rings (SSSR count). The molecule has 9 heteroatoms. The van der Waals surface area contributed by atoms with Gasteiger partial charge < -0.3 is 15.2 Å². The Kier molecular flexibility index (Phi) is 7.67. The lowest BCUT2D eigenvalue weighted by Gasteiger charge is -2.15. The third kappa shape index (κ3) is 5.63. The Bertz CT molecular complexity index is 1220. The number of anilines is 1. The minimum atomic E-state index is -0.945. The molecule has 1 aliphatic carbocycles. The zero-order valence-corrected chi connectivity index (χ0v) is 19.4. The summed E-state index contributed by atoms with van der Waals surface area (Å²) in [6.45, 7) is 0.260. The van der Waals surface area contributed by atoms with E-state index in [-0.39, 0.29) is 36.1 Å². The van der Waals surface area contributed by atoms with Crippen molar-refractivity contribution in [2.24, 2.45) is 0 Å². The number of hydrogen-bond donors (Lipinski definition) is 3. The second kappa shape index (κ2) is 11.1. The van der Waals surface area contributed by atoms with E-state index >= 15 is 0 Å². The average molecular weight is 495 g/mol. The van der Waals surface area contributed by atoms with Crippen LogP contribution in [0.1, 0.15) is 27.4 Å². The molecule has 0 heterocycles. The van der Waals surface area contributed by atoms with Crippen molar-refractivity contribution in [1.82, 2.24) is 5.32 Å². The lowest BCUT2D eigenvalue weighted by atomic mass is 9.98.